The van der Waals surface area contributed by atoms with Gasteiger partial charge in [-0.2, -0.15) is 13.2 Å². The molecule has 9 heteroatoms. The predicted octanol–water partition coefficient (Wildman–Crippen LogP) is 1.64. The maximum atomic E-state index is 11.9. The lowest BCUT2D eigenvalue weighted by Gasteiger charge is -2.07. The summed E-state index contributed by atoms with van der Waals surface area (Å²) in [4.78, 5) is 11.8. The summed E-state index contributed by atoms with van der Waals surface area (Å²) in [6.07, 6.45) is -2.90. The van der Waals surface area contributed by atoms with Crippen molar-refractivity contribution in [3.63, 3.8) is 0 Å². The third-order valence-corrected chi connectivity index (χ3v) is 2.76. The molecule has 0 radical (unpaired) electrons. The van der Waals surface area contributed by atoms with Crippen LogP contribution in [0.3, 0.4) is 0 Å². The van der Waals surface area contributed by atoms with Crippen LogP contribution in [0.1, 0.15) is 16.1 Å². The third kappa shape index (κ3) is 6.07. The minimum atomic E-state index is -4.37. The molecule has 0 saturated carbocycles. The molecule has 0 unspecified atom stereocenters. The Morgan fingerprint density at radius 3 is 2.70 bits per heavy atom. The predicted molar refractivity (Wildman–Crippen MR) is 74.8 cm³/mol. The molecule has 1 aromatic heterocycles. The lowest BCUT2D eigenvalue weighted by atomic mass is 10.2. The molecule has 2 rings (SSSR count). The van der Waals surface area contributed by atoms with Crippen LogP contribution in [0.25, 0.3) is 0 Å². The number of nitrogens with zero attached hydrogens (tertiary/aromatic N) is 3. The first-order chi connectivity index (χ1) is 10.9. The van der Waals surface area contributed by atoms with Crippen molar-refractivity contribution in [1.29, 1.82) is 0 Å². The number of rotatable bonds is 7. The highest BCUT2D eigenvalue weighted by atomic mass is 19.4. The van der Waals surface area contributed by atoms with Gasteiger partial charge in [0.15, 0.2) is 5.69 Å². The molecule has 0 fully saturated rings. The second-order valence-corrected chi connectivity index (χ2v) is 4.71. The Kier molecular flexibility index (Phi) is 5.69. The molecule has 1 aromatic carbocycles. The molecule has 0 aliphatic rings. The fourth-order valence-electron chi connectivity index (χ4n) is 1.77. The fraction of sp³-hybridized carbons (Fsp3) is 0.357. The van der Waals surface area contributed by atoms with Crippen molar-refractivity contribution in [3.05, 3.63) is 47.8 Å². The number of carbonyl (C=O) groups is 1. The largest absolute Gasteiger partial charge is 0.411 e. The summed E-state index contributed by atoms with van der Waals surface area (Å²) in [6.45, 7) is -1.14. The van der Waals surface area contributed by atoms with Gasteiger partial charge < -0.3 is 10.1 Å². The SMILES string of the molecule is O=C(NCCOCC(F)(F)F)c1cn(Cc2ccccc2)nn1. The summed E-state index contributed by atoms with van der Waals surface area (Å²) in [5, 5.41) is 9.98. The van der Waals surface area contributed by atoms with Gasteiger partial charge in [0.2, 0.25) is 0 Å². The van der Waals surface area contributed by atoms with E-state index < -0.39 is 18.7 Å². The highest BCUT2D eigenvalue weighted by Gasteiger charge is 2.27. The molecule has 0 atom stereocenters. The first-order valence-corrected chi connectivity index (χ1v) is 6.81. The minimum absolute atomic E-state index is 0.0412. The number of hydrogen-bond donors (Lipinski definition) is 1. The maximum absolute atomic E-state index is 11.9. The Labute approximate surface area is 130 Å². The highest BCUT2D eigenvalue weighted by molar-refractivity contribution is 5.91. The summed E-state index contributed by atoms with van der Waals surface area (Å²) in [5.74, 6) is -0.514. The number of nitrogens with one attached hydrogen (secondary N) is 1. The van der Waals surface area contributed by atoms with Crippen molar-refractivity contribution in [2.75, 3.05) is 19.8 Å². The maximum Gasteiger partial charge on any atom is 0.411 e. The van der Waals surface area contributed by atoms with E-state index in [1.54, 1.807) is 0 Å². The molecule has 0 aliphatic carbocycles. The van der Waals surface area contributed by atoms with Gasteiger partial charge in [0.25, 0.3) is 5.91 Å². The van der Waals surface area contributed by atoms with Crippen LogP contribution in [0.2, 0.25) is 0 Å². The Morgan fingerprint density at radius 2 is 2.00 bits per heavy atom. The van der Waals surface area contributed by atoms with Crippen molar-refractivity contribution in [1.82, 2.24) is 20.3 Å². The Bertz CT molecular complexity index is 628. The van der Waals surface area contributed by atoms with E-state index in [1.165, 1.54) is 10.9 Å². The van der Waals surface area contributed by atoms with Gasteiger partial charge in [-0.15, -0.1) is 5.10 Å². The molecule has 1 N–H and O–H groups in total. The zero-order valence-corrected chi connectivity index (χ0v) is 12.1. The zero-order chi connectivity index (χ0) is 16.7. The quantitative estimate of drug-likeness (QED) is 0.785. The lowest BCUT2D eigenvalue weighted by Crippen LogP contribution is -2.29. The molecule has 124 valence electrons. The van der Waals surface area contributed by atoms with Crippen LogP contribution >= 0.6 is 0 Å². The monoisotopic (exact) mass is 328 g/mol. The molecule has 1 amide bonds. The van der Waals surface area contributed by atoms with E-state index in [1.807, 2.05) is 30.3 Å². The standard InChI is InChI=1S/C14H15F3N4O2/c15-14(16,17)10-23-7-6-18-13(22)12-9-21(20-19-12)8-11-4-2-1-3-5-11/h1-5,9H,6-8,10H2,(H,18,22). The number of aromatic nitrogens is 3. The first kappa shape index (κ1) is 16.9. The van der Waals surface area contributed by atoms with Crippen molar-refractivity contribution < 1.29 is 22.7 Å². The van der Waals surface area contributed by atoms with Crippen molar-refractivity contribution in [3.8, 4) is 0 Å². The number of ether oxygens (including phenoxy) is 1. The van der Waals surface area contributed by atoms with E-state index in [2.05, 4.69) is 20.4 Å². The van der Waals surface area contributed by atoms with Gasteiger partial charge in [0.05, 0.1) is 19.3 Å². The molecule has 0 bridgehead atoms. The topological polar surface area (TPSA) is 69.0 Å². The number of carbonyl (C=O) groups excluding carboxylic acids is 1. The summed E-state index contributed by atoms with van der Waals surface area (Å²) in [6, 6.07) is 9.51. The van der Waals surface area contributed by atoms with Crippen LogP contribution in [-0.4, -0.2) is 46.8 Å². The van der Waals surface area contributed by atoms with Gasteiger partial charge in [-0.3, -0.25) is 4.79 Å². The second kappa shape index (κ2) is 7.73. The number of alkyl halides is 3. The molecular formula is C14H15F3N4O2. The molecule has 0 spiro atoms. The second-order valence-electron chi connectivity index (χ2n) is 4.71. The fourth-order valence-corrected chi connectivity index (χ4v) is 1.77. The van der Waals surface area contributed by atoms with E-state index in [9.17, 15) is 18.0 Å². The van der Waals surface area contributed by atoms with Crippen LogP contribution in [0, 0.1) is 0 Å². The van der Waals surface area contributed by atoms with E-state index in [-0.39, 0.29) is 18.8 Å². The van der Waals surface area contributed by atoms with Crippen LogP contribution in [0.15, 0.2) is 36.5 Å². The molecule has 23 heavy (non-hydrogen) atoms. The number of halogens is 3. The normalized spacial score (nSPS) is 11.4. The summed E-state index contributed by atoms with van der Waals surface area (Å²) in [5.41, 5.74) is 1.10. The zero-order valence-electron chi connectivity index (χ0n) is 12.1. The summed E-state index contributed by atoms with van der Waals surface area (Å²) in [7, 11) is 0. The van der Waals surface area contributed by atoms with Gasteiger partial charge >= 0.3 is 6.18 Å². The molecule has 0 aliphatic heterocycles. The minimum Gasteiger partial charge on any atom is -0.370 e. The Morgan fingerprint density at radius 1 is 1.26 bits per heavy atom. The molecule has 2 aromatic rings. The van der Waals surface area contributed by atoms with Crippen LogP contribution in [0.5, 0.6) is 0 Å². The lowest BCUT2D eigenvalue weighted by molar-refractivity contribution is -0.173. The smallest absolute Gasteiger partial charge is 0.370 e. The highest BCUT2D eigenvalue weighted by Crippen LogP contribution is 2.13. The summed E-state index contributed by atoms with van der Waals surface area (Å²) >= 11 is 0. The molecule has 1 heterocycles. The van der Waals surface area contributed by atoms with Crippen LogP contribution in [-0.2, 0) is 11.3 Å². The van der Waals surface area contributed by atoms with Gasteiger partial charge in [-0.25, -0.2) is 4.68 Å². The molecular weight excluding hydrogens is 313 g/mol. The first-order valence-electron chi connectivity index (χ1n) is 6.81. The Balaban J connectivity index is 1.75. The van der Waals surface area contributed by atoms with Crippen molar-refractivity contribution in [2.24, 2.45) is 0 Å². The number of amides is 1. The van der Waals surface area contributed by atoms with Gasteiger partial charge in [-0.05, 0) is 5.56 Å². The average Bonchev–Trinajstić information content (AvgIpc) is 2.95. The van der Waals surface area contributed by atoms with E-state index in [4.69, 9.17) is 0 Å². The summed E-state index contributed by atoms with van der Waals surface area (Å²) < 4.78 is 41.5. The molecule has 0 saturated heterocycles. The van der Waals surface area contributed by atoms with E-state index >= 15 is 0 Å². The van der Waals surface area contributed by atoms with Crippen molar-refractivity contribution >= 4 is 5.91 Å². The van der Waals surface area contributed by atoms with Crippen LogP contribution < -0.4 is 5.32 Å². The van der Waals surface area contributed by atoms with Gasteiger partial charge in [0.1, 0.15) is 6.61 Å². The number of hydrogen-bond acceptors (Lipinski definition) is 4. The van der Waals surface area contributed by atoms with Crippen LogP contribution in [0.4, 0.5) is 13.2 Å². The average molecular weight is 328 g/mol. The third-order valence-electron chi connectivity index (χ3n) is 2.76. The van der Waals surface area contributed by atoms with Gasteiger partial charge in [0, 0.05) is 6.54 Å². The van der Waals surface area contributed by atoms with Crippen molar-refractivity contribution in [2.45, 2.75) is 12.7 Å². The van der Waals surface area contributed by atoms with Gasteiger partial charge in [-0.1, -0.05) is 35.5 Å². The molecule has 6 nitrogen and oxygen atoms in total. The number of benzene rings is 1. The Hall–Kier alpha value is -2.42. The van der Waals surface area contributed by atoms with E-state index in [0.717, 1.165) is 5.56 Å². The van der Waals surface area contributed by atoms with E-state index in [0.29, 0.717) is 6.54 Å².